The lowest BCUT2D eigenvalue weighted by Gasteiger charge is -2.17. The molecule has 25 heavy (non-hydrogen) atoms. The molecule has 0 aliphatic heterocycles. The zero-order valence-corrected chi connectivity index (χ0v) is 14.6. The van der Waals surface area contributed by atoms with Gasteiger partial charge in [-0.15, -0.1) is 13.2 Å². The summed E-state index contributed by atoms with van der Waals surface area (Å²) in [4.78, 5) is 14.1. The van der Waals surface area contributed by atoms with Crippen LogP contribution in [0.15, 0.2) is 25.3 Å². The number of ether oxygens (including phenoxy) is 1. The second-order valence-electron chi connectivity index (χ2n) is 3.46. The summed E-state index contributed by atoms with van der Waals surface area (Å²) in [6.07, 6.45) is 3.42. The van der Waals surface area contributed by atoms with Crippen molar-refractivity contribution in [3.05, 3.63) is 25.3 Å². The van der Waals surface area contributed by atoms with Crippen LogP contribution in [-0.4, -0.2) is 91.1 Å². The van der Waals surface area contributed by atoms with Gasteiger partial charge in [0.15, 0.2) is 0 Å². The third kappa shape index (κ3) is 45.1. The van der Waals surface area contributed by atoms with Gasteiger partial charge in [0.05, 0.1) is 58.2 Å². The molecule has 0 aliphatic rings. The molecule has 0 unspecified atom stereocenters. The van der Waals surface area contributed by atoms with E-state index < -0.39 is 10.4 Å². The molecule has 0 bridgehead atoms. The van der Waals surface area contributed by atoms with Gasteiger partial charge in [-0.05, 0) is 0 Å². The van der Waals surface area contributed by atoms with Crippen LogP contribution in [0.25, 0.3) is 0 Å². The maximum atomic E-state index is 8.74. The Hall–Kier alpha value is -0.970. The molecule has 0 aromatic rings. The minimum atomic E-state index is -4.67. The summed E-state index contributed by atoms with van der Waals surface area (Å²) in [6, 6.07) is 0. The van der Waals surface area contributed by atoms with Crippen molar-refractivity contribution in [3.63, 3.8) is 0 Å². The maximum absolute atomic E-state index is 8.74. The van der Waals surface area contributed by atoms with Crippen molar-refractivity contribution in [2.24, 2.45) is 0 Å². The zero-order valence-electron chi connectivity index (χ0n) is 13.8. The minimum Gasteiger partial charge on any atom is -0.394 e. The highest BCUT2D eigenvalue weighted by molar-refractivity contribution is 7.79. The Kier molecular flexibility index (Phi) is 26.5. The molecule has 0 saturated carbocycles. The number of hydrogen-bond donors (Lipinski definition) is 5. The lowest BCUT2D eigenvalue weighted by molar-refractivity contribution is -0.527. The average Bonchev–Trinajstić information content (AvgIpc) is 2.54. The first-order chi connectivity index (χ1) is 11.8. The summed E-state index contributed by atoms with van der Waals surface area (Å²) < 4.78 is 36.5. The molecule has 152 valence electrons. The predicted molar refractivity (Wildman–Crippen MR) is 86.3 cm³/mol. The van der Waals surface area contributed by atoms with Gasteiger partial charge in [-0.2, -0.15) is 8.42 Å². The Morgan fingerprint density at radius 1 is 0.800 bits per heavy atom. The third-order valence-electron chi connectivity index (χ3n) is 1.34. The molecular weight excluding hydrogens is 366 g/mol. The fourth-order valence-electron chi connectivity index (χ4n) is 0.693. The van der Waals surface area contributed by atoms with E-state index in [-0.39, 0.29) is 39.6 Å². The van der Waals surface area contributed by atoms with Gasteiger partial charge >= 0.3 is 10.4 Å². The molecule has 13 heteroatoms. The average molecular weight is 393 g/mol. The largest absolute Gasteiger partial charge is 0.394 e. The summed E-state index contributed by atoms with van der Waals surface area (Å²) in [7, 11) is -4.67. The number of hydrogen-bond acceptors (Lipinski definition) is 10. The van der Waals surface area contributed by atoms with E-state index in [1.165, 1.54) is 0 Å². The van der Waals surface area contributed by atoms with Crippen LogP contribution in [0.5, 0.6) is 0 Å². The van der Waals surface area contributed by atoms with Crippen LogP contribution in [0.3, 0.4) is 0 Å². The van der Waals surface area contributed by atoms with Crippen LogP contribution in [0.1, 0.15) is 0 Å². The molecule has 0 heterocycles. The topological polar surface area (TPSA) is 175 Å². The van der Waals surface area contributed by atoms with Crippen LogP contribution < -0.4 is 0 Å². The van der Waals surface area contributed by atoms with Gasteiger partial charge in [0.2, 0.25) is 0 Å². The van der Waals surface area contributed by atoms with Gasteiger partial charge in [-0.1, -0.05) is 12.2 Å². The molecule has 0 amide bonds. The smallest absolute Gasteiger partial charge is 0.394 e. The first kappa shape index (κ1) is 28.8. The van der Waals surface area contributed by atoms with Crippen LogP contribution in [-0.2, 0) is 29.6 Å². The molecule has 0 aromatic heterocycles. The summed E-state index contributed by atoms with van der Waals surface area (Å²) in [6.45, 7) is 7.68. The van der Waals surface area contributed by atoms with Gasteiger partial charge in [-0.3, -0.25) is 9.11 Å². The highest BCUT2D eigenvalue weighted by atomic mass is 32.3. The van der Waals surface area contributed by atoms with Crippen LogP contribution in [0.2, 0.25) is 0 Å². The number of aliphatic hydroxyl groups excluding tert-OH is 3. The minimum absolute atomic E-state index is 0.0108. The Morgan fingerprint density at radius 3 is 1.28 bits per heavy atom. The van der Waals surface area contributed by atoms with Gasteiger partial charge in [-0.25, -0.2) is 14.5 Å². The molecule has 0 aliphatic carbocycles. The molecule has 0 fully saturated rings. The van der Waals surface area contributed by atoms with Gasteiger partial charge in [0.25, 0.3) is 0 Å². The quantitative estimate of drug-likeness (QED) is 0.109. The second kappa shape index (κ2) is 23.0. The van der Waals surface area contributed by atoms with E-state index in [1.54, 1.807) is 12.2 Å². The molecule has 5 N–H and O–H groups in total. The van der Waals surface area contributed by atoms with E-state index in [4.69, 9.17) is 52.1 Å². The van der Waals surface area contributed by atoms with Crippen molar-refractivity contribution in [1.82, 2.24) is 5.39 Å². The summed E-state index contributed by atoms with van der Waals surface area (Å²) in [5.74, 6) is 0. The second-order valence-corrected chi connectivity index (χ2v) is 4.35. The fraction of sp³-hybridized carbons (Fsp3) is 0.667. The SMILES string of the molecule is C=CCOCC=C.O=S(=O)(O)O.OCCON(OCCO)OCCO. The van der Waals surface area contributed by atoms with Crippen molar-refractivity contribution in [3.8, 4) is 0 Å². The van der Waals surface area contributed by atoms with Crippen molar-refractivity contribution in [2.75, 3.05) is 52.9 Å². The van der Waals surface area contributed by atoms with Gasteiger partial charge in [0.1, 0.15) is 0 Å². The number of nitrogens with zero attached hydrogens (tertiary/aromatic N) is 1. The first-order valence-corrected chi connectivity index (χ1v) is 8.17. The van der Waals surface area contributed by atoms with E-state index in [0.717, 1.165) is 0 Å². The standard InChI is InChI=1S/C6H15NO6.C6H10O.H2O4S/c8-1-4-11-7(12-5-2-9)13-6-3-10;1-3-5-7-6-4-2;1-5(2,3)4/h8-10H,1-6H2;3-4H,1-2,5-6H2;(H2,1,2,3,4). The van der Waals surface area contributed by atoms with E-state index in [1.807, 2.05) is 0 Å². The lowest BCUT2D eigenvalue weighted by Crippen LogP contribution is -2.28. The Labute approximate surface area is 146 Å². The zero-order chi connectivity index (χ0) is 20.0. The van der Waals surface area contributed by atoms with Crippen molar-refractivity contribution >= 4 is 10.4 Å². The molecule has 0 rings (SSSR count). The molecule has 0 atom stereocenters. The Morgan fingerprint density at radius 2 is 1.08 bits per heavy atom. The highest BCUT2D eigenvalue weighted by Crippen LogP contribution is 1.93. The third-order valence-corrected chi connectivity index (χ3v) is 1.34. The van der Waals surface area contributed by atoms with Crippen molar-refractivity contribution in [1.29, 1.82) is 0 Å². The van der Waals surface area contributed by atoms with E-state index in [0.29, 0.717) is 18.6 Å². The molecule has 0 radical (unpaired) electrons. The van der Waals surface area contributed by atoms with E-state index >= 15 is 0 Å². The predicted octanol–water partition coefficient (Wildman–Crippen LogP) is -1.22. The van der Waals surface area contributed by atoms with Gasteiger partial charge < -0.3 is 20.1 Å². The summed E-state index contributed by atoms with van der Waals surface area (Å²) in [5, 5.41) is 25.9. The maximum Gasteiger partial charge on any atom is 0.394 e. The number of aliphatic hydroxyl groups is 3. The Bertz CT molecular complexity index is 342. The van der Waals surface area contributed by atoms with Crippen LogP contribution >= 0.6 is 0 Å². The summed E-state index contributed by atoms with van der Waals surface area (Å²) >= 11 is 0. The van der Waals surface area contributed by atoms with Crippen LogP contribution in [0, 0.1) is 0 Å². The summed E-state index contributed by atoms with van der Waals surface area (Å²) in [5.41, 5.74) is 0. The fourth-order valence-corrected chi connectivity index (χ4v) is 0.693. The molecule has 0 aromatic carbocycles. The van der Waals surface area contributed by atoms with E-state index in [2.05, 4.69) is 13.2 Å². The molecule has 0 saturated heterocycles. The van der Waals surface area contributed by atoms with Gasteiger partial charge in [0, 0.05) is 0 Å². The van der Waals surface area contributed by atoms with E-state index in [9.17, 15) is 0 Å². The highest BCUT2D eigenvalue weighted by Gasteiger charge is 2.05. The molecule has 12 nitrogen and oxygen atoms in total. The Balaban J connectivity index is -0.000000337. The lowest BCUT2D eigenvalue weighted by atomic mass is 10.6. The van der Waals surface area contributed by atoms with Crippen molar-refractivity contribution in [2.45, 2.75) is 0 Å². The molecule has 0 spiro atoms. The monoisotopic (exact) mass is 393 g/mol. The first-order valence-electron chi connectivity index (χ1n) is 6.77. The van der Waals surface area contributed by atoms with Crippen molar-refractivity contribution < 1.29 is 52.1 Å². The number of rotatable bonds is 13. The normalized spacial score (nSPS) is 10.3. The molecular formula is C12H27NO11S. The van der Waals surface area contributed by atoms with Crippen LogP contribution in [0.4, 0.5) is 0 Å².